The molecule has 0 atom stereocenters. The predicted molar refractivity (Wildman–Crippen MR) is 52.4 cm³/mol. The number of carbonyl (C=O) groups excluding carboxylic acids is 1. The highest BCUT2D eigenvalue weighted by Gasteiger charge is 2.10. The maximum atomic E-state index is 11.2. The van der Waals surface area contributed by atoms with Gasteiger partial charge < -0.3 is 13.6 Å². The Balaban J connectivity index is 2.71. The summed E-state index contributed by atoms with van der Waals surface area (Å²) in [7, 11) is 1.23. The van der Waals surface area contributed by atoms with Crippen LogP contribution in [-0.4, -0.2) is 13.1 Å². The summed E-state index contributed by atoms with van der Waals surface area (Å²) in [6.45, 7) is 0. The molecule has 82 valence electrons. The molecule has 0 aliphatic rings. The third kappa shape index (κ3) is 1.60. The lowest BCUT2D eigenvalue weighted by Gasteiger charge is -1.99. The van der Waals surface area contributed by atoms with Crippen molar-refractivity contribution >= 4 is 17.1 Å². The van der Waals surface area contributed by atoms with Crippen LogP contribution in [0.2, 0.25) is 0 Å². The molecule has 0 bridgehead atoms. The van der Waals surface area contributed by atoms with E-state index in [0.717, 1.165) is 0 Å². The van der Waals surface area contributed by atoms with Crippen molar-refractivity contribution < 1.29 is 18.4 Å². The van der Waals surface area contributed by atoms with Gasteiger partial charge in [-0.05, 0) is 18.2 Å². The monoisotopic (exact) mass is 222 g/mol. The molecule has 0 spiro atoms. The summed E-state index contributed by atoms with van der Waals surface area (Å²) in [4.78, 5) is 32.9. The quantitative estimate of drug-likeness (QED) is 0.516. The highest BCUT2D eigenvalue weighted by molar-refractivity contribution is 5.92. The molecule has 1 aromatic heterocycles. The van der Waals surface area contributed by atoms with Crippen LogP contribution in [0.1, 0.15) is 10.4 Å². The topological polar surface area (TPSA) is 86.7 Å². The van der Waals surface area contributed by atoms with Crippen LogP contribution in [-0.2, 0) is 4.74 Å². The number of benzene rings is 1. The standard InChI is InChI=1S/C10H6O6/c1-14-8(11)5-2-3-6-7(4-5)16-10(13)9(12)15-6/h2-4H,1H3. The molecular formula is C10H6O6. The van der Waals surface area contributed by atoms with E-state index in [2.05, 4.69) is 13.6 Å². The fourth-order valence-corrected chi connectivity index (χ4v) is 1.20. The number of esters is 1. The van der Waals surface area contributed by atoms with Crippen molar-refractivity contribution in [1.29, 1.82) is 0 Å². The van der Waals surface area contributed by atoms with Crippen molar-refractivity contribution in [3.05, 3.63) is 44.6 Å². The van der Waals surface area contributed by atoms with E-state index in [4.69, 9.17) is 0 Å². The SMILES string of the molecule is COC(=O)c1ccc2oc(=O)c(=O)oc2c1. The molecule has 2 aromatic rings. The summed E-state index contributed by atoms with van der Waals surface area (Å²) < 4.78 is 13.8. The second-order valence-electron chi connectivity index (χ2n) is 2.93. The van der Waals surface area contributed by atoms with Crippen molar-refractivity contribution in [2.45, 2.75) is 0 Å². The first-order chi connectivity index (χ1) is 7.61. The van der Waals surface area contributed by atoms with E-state index in [1.807, 2.05) is 0 Å². The summed E-state index contributed by atoms with van der Waals surface area (Å²) in [5.41, 5.74) is -1.88. The highest BCUT2D eigenvalue weighted by Crippen LogP contribution is 2.13. The van der Waals surface area contributed by atoms with Crippen LogP contribution in [0.3, 0.4) is 0 Å². The van der Waals surface area contributed by atoms with Crippen LogP contribution in [0, 0.1) is 0 Å². The molecule has 0 N–H and O–H groups in total. The molecule has 0 fully saturated rings. The normalized spacial score (nSPS) is 10.3. The minimum absolute atomic E-state index is 0.0208. The van der Waals surface area contributed by atoms with Crippen LogP contribution >= 0.6 is 0 Å². The molecule has 0 aliphatic carbocycles. The van der Waals surface area contributed by atoms with E-state index in [1.165, 1.54) is 25.3 Å². The summed E-state index contributed by atoms with van der Waals surface area (Å²) in [6.07, 6.45) is 0. The summed E-state index contributed by atoms with van der Waals surface area (Å²) in [5.74, 6) is -0.573. The van der Waals surface area contributed by atoms with Crippen LogP contribution in [0.25, 0.3) is 11.2 Å². The molecule has 2 rings (SSSR count). The smallest absolute Gasteiger partial charge is 0.423 e. The lowest BCUT2D eigenvalue weighted by Crippen LogP contribution is -2.20. The van der Waals surface area contributed by atoms with Crippen LogP contribution in [0.5, 0.6) is 0 Å². The van der Waals surface area contributed by atoms with Gasteiger partial charge >= 0.3 is 17.2 Å². The van der Waals surface area contributed by atoms with Gasteiger partial charge in [0, 0.05) is 0 Å². The van der Waals surface area contributed by atoms with Crippen molar-refractivity contribution in [2.24, 2.45) is 0 Å². The largest absolute Gasteiger partial charge is 0.465 e. The first kappa shape index (κ1) is 10.2. The van der Waals surface area contributed by atoms with E-state index < -0.39 is 17.2 Å². The molecule has 6 nitrogen and oxygen atoms in total. The Kier molecular flexibility index (Phi) is 2.32. The fraction of sp³-hybridized carbons (Fsp3) is 0.100. The Labute approximate surface area is 88.1 Å². The summed E-state index contributed by atoms with van der Waals surface area (Å²) >= 11 is 0. The van der Waals surface area contributed by atoms with Gasteiger partial charge in [0.1, 0.15) is 0 Å². The zero-order valence-corrected chi connectivity index (χ0v) is 8.18. The number of ether oxygens (including phenoxy) is 1. The zero-order valence-electron chi connectivity index (χ0n) is 8.18. The molecule has 0 amide bonds. The predicted octanol–water partition coefficient (Wildman–Crippen LogP) is 0.533. The van der Waals surface area contributed by atoms with Gasteiger partial charge in [0.25, 0.3) is 0 Å². The number of hydrogen-bond donors (Lipinski definition) is 0. The molecule has 0 unspecified atom stereocenters. The Morgan fingerprint density at radius 2 is 1.75 bits per heavy atom. The molecule has 6 heteroatoms. The average Bonchev–Trinajstić information content (AvgIpc) is 2.29. The third-order valence-corrected chi connectivity index (χ3v) is 1.94. The lowest BCUT2D eigenvalue weighted by molar-refractivity contribution is 0.0600. The average molecular weight is 222 g/mol. The molecule has 1 heterocycles. The van der Waals surface area contributed by atoms with Gasteiger partial charge in [-0.25, -0.2) is 14.4 Å². The number of hydrogen-bond acceptors (Lipinski definition) is 6. The van der Waals surface area contributed by atoms with Crippen molar-refractivity contribution in [3.63, 3.8) is 0 Å². The fourth-order valence-electron chi connectivity index (χ4n) is 1.20. The molecule has 0 aliphatic heterocycles. The number of methoxy groups -OCH3 is 1. The van der Waals surface area contributed by atoms with Gasteiger partial charge in [-0.1, -0.05) is 0 Å². The minimum Gasteiger partial charge on any atom is -0.465 e. The van der Waals surface area contributed by atoms with Gasteiger partial charge in [0.2, 0.25) is 0 Å². The van der Waals surface area contributed by atoms with Crippen LogP contribution in [0.15, 0.2) is 36.6 Å². The molecule has 0 radical (unpaired) electrons. The first-order valence-electron chi connectivity index (χ1n) is 4.28. The van der Waals surface area contributed by atoms with Gasteiger partial charge in [-0.2, -0.15) is 0 Å². The number of fused-ring (bicyclic) bond motifs is 1. The third-order valence-electron chi connectivity index (χ3n) is 1.94. The van der Waals surface area contributed by atoms with Gasteiger partial charge in [-0.3, -0.25) is 0 Å². The van der Waals surface area contributed by atoms with Crippen molar-refractivity contribution in [1.82, 2.24) is 0 Å². The van der Waals surface area contributed by atoms with Crippen LogP contribution in [0.4, 0.5) is 0 Å². The van der Waals surface area contributed by atoms with Gasteiger partial charge in [-0.15, -0.1) is 0 Å². The Morgan fingerprint density at radius 1 is 1.12 bits per heavy atom. The molecule has 0 saturated heterocycles. The van der Waals surface area contributed by atoms with Crippen molar-refractivity contribution in [2.75, 3.05) is 7.11 Å². The highest BCUT2D eigenvalue weighted by atomic mass is 16.5. The molecular weight excluding hydrogens is 216 g/mol. The lowest BCUT2D eigenvalue weighted by atomic mass is 10.2. The summed E-state index contributed by atoms with van der Waals surface area (Å²) in [6, 6.07) is 4.02. The molecule has 0 saturated carbocycles. The first-order valence-corrected chi connectivity index (χ1v) is 4.28. The zero-order chi connectivity index (χ0) is 11.7. The number of carbonyl (C=O) groups is 1. The number of rotatable bonds is 1. The molecule has 16 heavy (non-hydrogen) atoms. The van der Waals surface area contributed by atoms with E-state index in [1.54, 1.807) is 0 Å². The van der Waals surface area contributed by atoms with E-state index in [9.17, 15) is 14.4 Å². The second kappa shape index (κ2) is 3.65. The van der Waals surface area contributed by atoms with Gasteiger partial charge in [0.05, 0.1) is 12.7 Å². The maximum Gasteiger partial charge on any atom is 0.423 e. The minimum atomic E-state index is -1.12. The van der Waals surface area contributed by atoms with E-state index in [-0.39, 0.29) is 16.7 Å². The Hall–Kier alpha value is -2.37. The Bertz CT molecular complexity index is 663. The van der Waals surface area contributed by atoms with Crippen molar-refractivity contribution in [3.8, 4) is 0 Å². The van der Waals surface area contributed by atoms with E-state index >= 15 is 0 Å². The maximum absolute atomic E-state index is 11.2. The Morgan fingerprint density at radius 3 is 2.38 bits per heavy atom. The van der Waals surface area contributed by atoms with Crippen LogP contribution < -0.4 is 11.3 Å². The summed E-state index contributed by atoms with van der Waals surface area (Å²) in [5, 5.41) is 0. The van der Waals surface area contributed by atoms with E-state index in [0.29, 0.717) is 0 Å². The molecule has 1 aromatic carbocycles. The second-order valence-corrected chi connectivity index (χ2v) is 2.93. The van der Waals surface area contributed by atoms with Gasteiger partial charge in [0.15, 0.2) is 11.2 Å².